The molecule has 3 atom stereocenters. The number of nitrogen functional groups attached to an aromatic ring is 1. The summed E-state index contributed by atoms with van der Waals surface area (Å²) in [6.45, 7) is -0.160. The van der Waals surface area contributed by atoms with Crippen LogP contribution in [0.5, 0.6) is 23.0 Å². The van der Waals surface area contributed by atoms with Gasteiger partial charge in [0.25, 0.3) is 0 Å². The van der Waals surface area contributed by atoms with E-state index in [0.29, 0.717) is 23.0 Å². The number of anilines is 1. The summed E-state index contributed by atoms with van der Waals surface area (Å²) in [6, 6.07) is 15.2. The number of ether oxygens (including phenoxy) is 3. The number of nitrogens with two attached hydrogens (primary N) is 1. The quantitative estimate of drug-likeness (QED) is 0.410. The zero-order valence-corrected chi connectivity index (χ0v) is 20.0. The van der Waals surface area contributed by atoms with Crippen LogP contribution >= 0.6 is 8.60 Å². The van der Waals surface area contributed by atoms with Crippen molar-refractivity contribution in [1.29, 1.82) is 0 Å². The number of rotatable bonds is 10. The Hall–Kier alpha value is -3.40. The summed E-state index contributed by atoms with van der Waals surface area (Å²) < 4.78 is 49.6. The predicted octanol–water partition coefficient (Wildman–Crippen LogP) is 3.87. The second-order valence-electron chi connectivity index (χ2n) is 7.48. The fourth-order valence-corrected chi connectivity index (χ4v) is 4.30. The molecule has 3 unspecified atom stereocenters. The van der Waals surface area contributed by atoms with Gasteiger partial charge in [0.15, 0.2) is 0 Å². The molecule has 0 bridgehead atoms. The highest BCUT2D eigenvalue weighted by molar-refractivity contribution is 7.42. The van der Waals surface area contributed by atoms with Gasteiger partial charge < -0.3 is 29.0 Å². The summed E-state index contributed by atoms with van der Waals surface area (Å²) in [6.07, 6.45) is -1.74. The van der Waals surface area contributed by atoms with E-state index in [2.05, 4.69) is 4.98 Å². The molecule has 1 fully saturated rings. The highest BCUT2D eigenvalue weighted by Gasteiger charge is 2.38. The molecule has 0 radical (unpaired) electrons. The Bertz CT molecular complexity index is 1110. The van der Waals surface area contributed by atoms with Crippen molar-refractivity contribution in [2.75, 3.05) is 26.6 Å². The largest absolute Gasteiger partial charge is 0.497 e. The van der Waals surface area contributed by atoms with Crippen molar-refractivity contribution in [2.24, 2.45) is 0 Å². The predicted molar refractivity (Wildman–Crippen MR) is 126 cm³/mol. The molecule has 2 heterocycles. The Morgan fingerprint density at radius 2 is 1.54 bits per heavy atom. The number of methoxy groups -OCH3 is 2. The van der Waals surface area contributed by atoms with E-state index in [4.69, 9.17) is 33.5 Å². The van der Waals surface area contributed by atoms with E-state index in [1.807, 2.05) is 0 Å². The van der Waals surface area contributed by atoms with Gasteiger partial charge in [-0.1, -0.05) is 0 Å². The lowest BCUT2D eigenvalue weighted by Gasteiger charge is -2.20. The van der Waals surface area contributed by atoms with Crippen LogP contribution in [0.25, 0.3) is 0 Å². The maximum Gasteiger partial charge on any atom is 0.463 e. The smallest absolute Gasteiger partial charge is 0.463 e. The summed E-state index contributed by atoms with van der Waals surface area (Å²) in [5, 5.41) is 0. The van der Waals surface area contributed by atoms with Crippen LogP contribution in [0.2, 0.25) is 0 Å². The van der Waals surface area contributed by atoms with Crippen LogP contribution in [-0.2, 0) is 9.26 Å². The van der Waals surface area contributed by atoms with Crippen LogP contribution in [-0.4, -0.2) is 42.7 Å². The Balaban J connectivity index is 1.43. The third kappa shape index (κ3) is 6.39. The first-order valence-corrected chi connectivity index (χ1v) is 11.8. The topological polar surface area (TPSA) is 116 Å². The van der Waals surface area contributed by atoms with Crippen LogP contribution in [0, 0.1) is 0 Å². The van der Waals surface area contributed by atoms with Crippen LogP contribution in [0.15, 0.2) is 65.6 Å². The summed E-state index contributed by atoms with van der Waals surface area (Å²) in [5.41, 5.74) is 4.91. The van der Waals surface area contributed by atoms with Crippen molar-refractivity contribution in [1.82, 2.24) is 9.55 Å². The van der Waals surface area contributed by atoms with Gasteiger partial charge in [-0.25, -0.2) is 9.18 Å². The number of hydrogen-bond acceptors (Lipinski definition) is 9. The van der Waals surface area contributed by atoms with Crippen molar-refractivity contribution >= 4 is 14.4 Å². The second-order valence-corrected chi connectivity index (χ2v) is 8.55. The van der Waals surface area contributed by atoms with Crippen LogP contribution in [0.1, 0.15) is 12.6 Å². The molecule has 1 saturated heterocycles. The zero-order valence-electron chi connectivity index (χ0n) is 19.1. The normalized spacial score (nSPS) is 19.5. The monoisotopic (exact) mass is 505 g/mol. The number of hydrogen-bond donors (Lipinski definition) is 1. The fraction of sp³-hybridized carbons (Fsp3) is 0.304. The average Bonchev–Trinajstić information content (AvgIpc) is 3.23. The molecule has 1 aromatic heterocycles. The number of halogens is 1. The van der Waals surface area contributed by atoms with Crippen molar-refractivity contribution < 1.29 is 32.2 Å². The SMILES string of the molecule is COc1ccc(OP(OCC2OC(n3ccc(N)nc3=O)CC2F)Oc2ccc(OC)cc2)cc1. The van der Waals surface area contributed by atoms with E-state index >= 15 is 0 Å². The molecular formula is C23H25FN3O7P. The maximum absolute atomic E-state index is 14.7. The molecule has 1 aliphatic rings. The molecule has 4 rings (SSSR count). The summed E-state index contributed by atoms with van der Waals surface area (Å²) in [5.74, 6) is 2.37. The minimum atomic E-state index is -1.98. The van der Waals surface area contributed by atoms with Crippen LogP contribution < -0.4 is 29.9 Å². The molecular weight excluding hydrogens is 480 g/mol. The number of nitrogens with zero attached hydrogens (tertiary/aromatic N) is 2. The van der Waals surface area contributed by atoms with Gasteiger partial charge in [-0.05, 0) is 54.6 Å². The van der Waals surface area contributed by atoms with E-state index in [0.717, 1.165) is 0 Å². The highest BCUT2D eigenvalue weighted by atomic mass is 31.2. The van der Waals surface area contributed by atoms with E-state index < -0.39 is 32.8 Å². The minimum Gasteiger partial charge on any atom is -0.497 e. The van der Waals surface area contributed by atoms with Crippen molar-refractivity contribution in [3.05, 3.63) is 71.3 Å². The minimum absolute atomic E-state index is 0.0316. The zero-order chi connectivity index (χ0) is 24.8. The van der Waals surface area contributed by atoms with E-state index in [1.54, 1.807) is 62.8 Å². The third-order valence-electron chi connectivity index (χ3n) is 5.15. The first-order valence-electron chi connectivity index (χ1n) is 10.7. The molecule has 10 nitrogen and oxygen atoms in total. The molecule has 0 amide bonds. The van der Waals surface area contributed by atoms with Crippen LogP contribution in [0.3, 0.4) is 0 Å². The summed E-state index contributed by atoms with van der Waals surface area (Å²) >= 11 is 0. The molecule has 1 aliphatic heterocycles. The second kappa shape index (κ2) is 11.4. The lowest BCUT2D eigenvalue weighted by atomic mass is 10.2. The number of benzene rings is 2. The van der Waals surface area contributed by atoms with Gasteiger partial charge >= 0.3 is 14.3 Å². The van der Waals surface area contributed by atoms with Gasteiger partial charge in [-0.2, -0.15) is 4.98 Å². The van der Waals surface area contributed by atoms with E-state index in [-0.39, 0.29) is 18.8 Å². The van der Waals surface area contributed by atoms with Gasteiger partial charge in [0.2, 0.25) is 0 Å². The van der Waals surface area contributed by atoms with E-state index in [9.17, 15) is 9.18 Å². The Labute approximate surface area is 202 Å². The Morgan fingerprint density at radius 1 is 1.00 bits per heavy atom. The van der Waals surface area contributed by atoms with Gasteiger partial charge in [0, 0.05) is 12.6 Å². The number of alkyl halides is 1. The molecule has 35 heavy (non-hydrogen) atoms. The lowest BCUT2D eigenvalue weighted by Crippen LogP contribution is -2.28. The summed E-state index contributed by atoms with van der Waals surface area (Å²) in [7, 11) is 1.15. The molecule has 2 aromatic carbocycles. The molecule has 12 heteroatoms. The third-order valence-corrected chi connectivity index (χ3v) is 6.23. The standard InChI is InChI=1S/C23H25FN3O7P/c1-29-15-3-7-17(8-4-15)33-35(34-18-9-5-16(30-2)6-10-18)31-14-20-19(24)13-22(32-20)27-12-11-21(25)26-23(27)28/h3-12,19-20,22H,13-14H2,1-2H3,(H2,25,26,28). The molecule has 0 spiro atoms. The molecule has 0 saturated carbocycles. The molecule has 3 aromatic rings. The Morgan fingerprint density at radius 3 is 2.06 bits per heavy atom. The van der Waals surface area contributed by atoms with Crippen molar-refractivity contribution in [3.8, 4) is 23.0 Å². The molecule has 186 valence electrons. The van der Waals surface area contributed by atoms with Gasteiger partial charge in [-0.3, -0.25) is 9.09 Å². The molecule has 0 aliphatic carbocycles. The highest BCUT2D eigenvalue weighted by Crippen LogP contribution is 2.43. The maximum atomic E-state index is 14.7. The fourth-order valence-electron chi connectivity index (χ4n) is 3.31. The van der Waals surface area contributed by atoms with Gasteiger partial charge in [0.1, 0.15) is 47.3 Å². The first kappa shape index (κ1) is 24.7. The summed E-state index contributed by atoms with van der Waals surface area (Å²) in [4.78, 5) is 15.7. The van der Waals surface area contributed by atoms with Gasteiger partial charge in [0.05, 0.1) is 20.8 Å². The van der Waals surface area contributed by atoms with Crippen molar-refractivity contribution in [3.63, 3.8) is 0 Å². The van der Waals surface area contributed by atoms with Gasteiger partial charge in [-0.15, -0.1) is 0 Å². The van der Waals surface area contributed by atoms with Crippen molar-refractivity contribution in [2.45, 2.75) is 24.9 Å². The lowest BCUT2D eigenvalue weighted by molar-refractivity contribution is -0.0317. The van der Waals surface area contributed by atoms with E-state index in [1.165, 1.54) is 16.8 Å². The Kier molecular flexibility index (Phi) is 8.02. The van der Waals surface area contributed by atoms with Crippen LogP contribution in [0.4, 0.5) is 10.2 Å². The molecule has 2 N–H and O–H groups in total. The number of aromatic nitrogens is 2. The average molecular weight is 505 g/mol. The first-order chi connectivity index (χ1) is 16.9.